The van der Waals surface area contributed by atoms with E-state index in [9.17, 15) is 4.79 Å². The van der Waals surface area contributed by atoms with Crippen molar-refractivity contribution in [3.05, 3.63) is 0 Å². The van der Waals surface area contributed by atoms with Crippen LogP contribution < -0.4 is 10.6 Å². The molecular formula is C13H25N3O. The van der Waals surface area contributed by atoms with Gasteiger partial charge in [0, 0.05) is 31.1 Å². The maximum Gasteiger partial charge on any atom is 0.220 e. The number of nitrogens with one attached hydrogen (secondary N) is 2. The summed E-state index contributed by atoms with van der Waals surface area (Å²) in [6.45, 7) is 4.26. The molecule has 2 rings (SSSR count). The number of carbonyl (C=O) groups is 1. The first-order valence-corrected chi connectivity index (χ1v) is 6.90. The Morgan fingerprint density at radius 3 is 2.82 bits per heavy atom. The fraction of sp³-hybridized carbons (Fsp3) is 0.923. The summed E-state index contributed by atoms with van der Waals surface area (Å²) in [5.74, 6) is 0.218. The Labute approximate surface area is 104 Å². The van der Waals surface area contributed by atoms with E-state index in [1.165, 1.54) is 12.8 Å². The smallest absolute Gasteiger partial charge is 0.220 e. The van der Waals surface area contributed by atoms with Crippen molar-refractivity contribution < 1.29 is 4.79 Å². The van der Waals surface area contributed by atoms with E-state index in [4.69, 9.17) is 0 Å². The molecule has 0 aromatic heterocycles. The van der Waals surface area contributed by atoms with Crippen LogP contribution in [0.2, 0.25) is 0 Å². The summed E-state index contributed by atoms with van der Waals surface area (Å²) in [4.78, 5) is 14.3. The molecule has 0 aromatic carbocycles. The first kappa shape index (κ1) is 12.8. The van der Waals surface area contributed by atoms with Gasteiger partial charge in [0.1, 0.15) is 0 Å². The molecule has 2 N–H and O–H groups in total. The lowest BCUT2D eigenvalue weighted by Crippen LogP contribution is -2.37. The third-order valence-corrected chi connectivity index (χ3v) is 3.83. The number of amides is 1. The number of nitrogens with zero attached hydrogens (tertiary/aromatic N) is 1. The molecule has 1 aliphatic heterocycles. The van der Waals surface area contributed by atoms with Gasteiger partial charge < -0.3 is 10.6 Å². The second kappa shape index (κ2) is 5.83. The Hall–Kier alpha value is -0.610. The zero-order valence-corrected chi connectivity index (χ0v) is 11.0. The molecule has 1 saturated heterocycles. The average Bonchev–Trinajstić information content (AvgIpc) is 3.05. The Morgan fingerprint density at radius 1 is 1.41 bits per heavy atom. The van der Waals surface area contributed by atoms with Gasteiger partial charge in [0.15, 0.2) is 0 Å². The van der Waals surface area contributed by atoms with Crippen molar-refractivity contribution in [1.82, 2.24) is 15.5 Å². The van der Waals surface area contributed by atoms with Gasteiger partial charge in [0.25, 0.3) is 0 Å². The van der Waals surface area contributed by atoms with E-state index < -0.39 is 0 Å². The molecule has 1 aliphatic carbocycles. The highest BCUT2D eigenvalue weighted by atomic mass is 16.1. The van der Waals surface area contributed by atoms with Gasteiger partial charge in [-0.05, 0) is 46.2 Å². The minimum atomic E-state index is 0.218. The first-order chi connectivity index (χ1) is 8.20. The molecule has 98 valence electrons. The number of likely N-dealkylation sites (tertiary alicyclic amines) is 1. The Kier molecular flexibility index (Phi) is 4.40. The average molecular weight is 239 g/mol. The van der Waals surface area contributed by atoms with Crippen molar-refractivity contribution in [2.24, 2.45) is 0 Å². The van der Waals surface area contributed by atoms with Gasteiger partial charge >= 0.3 is 0 Å². The number of rotatable bonds is 6. The molecule has 2 unspecified atom stereocenters. The molecule has 17 heavy (non-hydrogen) atoms. The number of carbonyl (C=O) groups excluding carboxylic acids is 1. The summed E-state index contributed by atoms with van der Waals surface area (Å²) in [6, 6.07) is 1.84. The lowest BCUT2D eigenvalue weighted by molar-refractivity contribution is -0.121. The zero-order valence-electron chi connectivity index (χ0n) is 11.0. The first-order valence-electron chi connectivity index (χ1n) is 6.90. The van der Waals surface area contributed by atoms with Crippen molar-refractivity contribution in [3.8, 4) is 0 Å². The van der Waals surface area contributed by atoms with E-state index in [0.717, 1.165) is 32.0 Å². The standard InChI is InChI=1S/C13H25N3O/c1-10-8-11(9-16(10)12-5-6-12)15-13(17)4-3-7-14-2/h10-12,14H,3-9H2,1-2H3,(H,15,17). The highest BCUT2D eigenvalue weighted by molar-refractivity contribution is 5.76. The maximum absolute atomic E-state index is 11.7. The van der Waals surface area contributed by atoms with Crippen molar-refractivity contribution >= 4 is 5.91 Å². The Balaban J connectivity index is 1.67. The van der Waals surface area contributed by atoms with E-state index in [-0.39, 0.29) is 5.91 Å². The van der Waals surface area contributed by atoms with Crippen LogP contribution in [0.25, 0.3) is 0 Å². The maximum atomic E-state index is 11.7. The van der Waals surface area contributed by atoms with Gasteiger partial charge in [0.2, 0.25) is 5.91 Å². The van der Waals surface area contributed by atoms with Crippen molar-refractivity contribution in [2.45, 2.75) is 57.2 Å². The van der Waals surface area contributed by atoms with Gasteiger partial charge in [-0.25, -0.2) is 0 Å². The van der Waals surface area contributed by atoms with E-state index in [0.29, 0.717) is 18.5 Å². The van der Waals surface area contributed by atoms with Crippen LogP contribution in [-0.4, -0.2) is 49.1 Å². The number of hydrogen-bond donors (Lipinski definition) is 2. The van der Waals surface area contributed by atoms with Crippen LogP contribution in [0.15, 0.2) is 0 Å². The fourth-order valence-electron chi connectivity index (χ4n) is 2.80. The van der Waals surface area contributed by atoms with Crippen LogP contribution in [0.4, 0.5) is 0 Å². The highest BCUT2D eigenvalue weighted by Crippen LogP contribution is 2.33. The molecule has 2 atom stereocenters. The normalized spacial score (nSPS) is 29.5. The second-order valence-electron chi connectivity index (χ2n) is 5.48. The third kappa shape index (κ3) is 3.68. The molecule has 2 fully saturated rings. The molecule has 1 heterocycles. The van der Waals surface area contributed by atoms with Crippen LogP contribution in [-0.2, 0) is 4.79 Å². The quantitative estimate of drug-likeness (QED) is 0.672. The Bertz CT molecular complexity index is 265. The molecule has 0 spiro atoms. The lowest BCUT2D eigenvalue weighted by Gasteiger charge is -2.19. The van der Waals surface area contributed by atoms with Crippen LogP contribution in [0, 0.1) is 0 Å². The highest BCUT2D eigenvalue weighted by Gasteiger charge is 2.38. The van der Waals surface area contributed by atoms with E-state index in [2.05, 4.69) is 22.5 Å². The third-order valence-electron chi connectivity index (χ3n) is 3.83. The minimum absolute atomic E-state index is 0.218. The Morgan fingerprint density at radius 2 is 2.18 bits per heavy atom. The molecule has 0 radical (unpaired) electrons. The van der Waals surface area contributed by atoms with Crippen LogP contribution in [0.3, 0.4) is 0 Å². The monoisotopic (exact) mass is 239 g/mol. The summed E-state index contributed by atoms with van der Waals surface area (Å²) < 4.78 is 0. The predicted octanol–water partition coefficient (Wildman–Crippen LogP) is 0.727. The topological polar surface area (TPSA) is 44.4 Å². The molecular weight excluding hydrogens is 214 g/mol. The summed E-state index contributed by atoms with van der Waals surface area (Å²) >= 11 is 0. The fourth-order valence-corrected chi connectivity index (χ4v) is 2.80. The SMILES string of the molecule is CNCCCC(=O)NC1CC(C)N(C2CC2)C1. The van der Waals surface area contributed by atoms with Gasteiger partial charge in [0.05, 0.1) is 0 Å². The van der Waals surface area contributed by atoms with Gasteiger partial charge in [-0.1, -0.05) is 0 Å². The molecule has 2 aliphatic rings. The van der Waals surface area contributed by atoms with E-state index >= 15 is 0 Å². The van der Waals surface area contributed by atoms with Gasteiger partial charge in [-0.2, -0.15) is 0 Å². The van der Waals surface area contributed by atoms with Gasteiger partial charge in [-0.3, -0.25) is 9.69 Å². The van der Waals surface area contributed by atoms with Crippen LogP contribution in [0.1, 0.15) is 39.0 Å². The minimum Gasteiger partial charge on any atom is -0.352 e. The summed E-state index contributed by atoms with van der Waals surface area (Å²) in [6.07, 6.45) is 5.40. The van der Waals surface area contributed by atoms with Gasteiger partial charge in [-0.15, -0.1) is 0 Å². The largest absolute Gasteiger partial charge is 0.352 e. The lowest BCUT2D eigenvalue weighted by atomic mass is 10.2. The summed E-state index contributed by atoms with van der Waals surface area (Å²) in [5.41, 5.74) is 0. The summed E-state index contributed by atoms with van der Waals surface area (Å²) in [5, 5.41) is 6.24. The molecule has 0 bridgehead atoms. The molecule has 0 aromatic rings. The van der Waals surface area contributed by atoms with E-state index in [1.54, 1.807) is 0 Å². The van der Waals surface area contributed by atoms with Crippen molar-refractivity contribution in [2.75, 3.05) is 20.1 Å². The van der Waals surface area contributed by atoms with Crippen LogP contribution in [0.5, 0.6) is 0 Å². The second-order valence-corrected chi connectivity index (χ2v) is 5.48. The molecule has 1 saturated carbocycles. The molecule has 4 heteroatoms. The molecule has 1 amide bonds. The van der Waals surface area contributed by atoms with Crippen molar-refractivity contribution in [3.63, 3.8) is 0 Å². The number of hydrogen-bond acceptors (Lipinski definition) is 3. The van der Waals surface area contributed by atoms with Crippen LogP contribution >= 0.6 is 0 Å². The zero-order chi connectivity index (χ0) is 12.3. The summed E-state index contributed by atoms with van der Waals surface area (Å²) in [7, 11) is 1.92. The predicted molar refractivity (Wildman–Crippen MR) is 68.9 cm³/mol. The van der Waals surface area contributed by atoms with Crippen molar-refractivity contribution in [1.29, 1.82) is 0 Å². The van der Waals surface area contributed by atoms with E-state index in [1.807, 2.05) is 7.05 Å². The molecule has 4 nitrogen and oxygen atoms in total.